The Hall–Kier alpha value is -0.810. The van der Waals surface area contributed by atoms with E-state index in [4.69, 9.17) is 4.74 Å². The predicted molar refractivity (Wildman–Crippen MR) is 83.6 cm³/mol. The van der Waals surface area contributed by atoms with Crippen LogP contribution in [0.4, 0.5) is 4.79 Å². The number of rotatable bonds is 6. The van der Waals surface area contributed by atoms with E-state index in [1.165, 1.54) is 0 Å². The highest BCUT2D eigenvalue weighted by atomic mass is 16.6. The first kappa shape index (κ1) is 19.2. The van der Waals surface area contributed by atoms with E-state index in [0.29, 0.717) is 0 Å². The molecule has 0 aromatic heterocycles. The van der Waals surface area contributed by atoms with Crippen molar-refractivity contribution < 1.29 is 9.53 Å². The van der Waals surface area contributed by atoms with E-state index in [1.807, 2.05) is 53.9 Å². The fourth-order valence-electron chi connectivity index (χ4n) is 2.38. The van der Waals surface area contributed by atoms with E-state index in [9.17, 15) is 4.79 Å². The lowest BCUT2D eigenvalue weighted by Crippen LogP contribution is -2.57. The summed E-state index contributed by atoms with van der Waals surface area (Å²) < 4.78 is 5.60. The smallest absolute Gasteiger partial charge is 0.412 e. The number of hydrogen-bond donors (Lipinski definition) is 0. The van der Waals surface area contributed by atoms with Gasteiger partial charge in [0.25, 0.3) is 0 Å². The molecule has 120 valence electrons. The first-order valence-corrected chi connectivity index (χ1v) is 7.39. The van der Waals surface area contributed by atoms with E-state index >= 15 is 0 Å². The molecule has 0 aliphatic heterocycles. The van der Waals surface area contributed by atoms with Crippen molar-refractivity contribution in [1.82, 2.24) is 14.7 Å². The summed E-state index contributed by atoms with van der Waals surface area (Å²) in [5.74, 6) is 0. The topological polar surface area (TPSA) is 36.0 Å². The Bertz CT molecular complexity index is 282. The number of carbonyl (C=O) groups excluding carboxylic acids is 1. The third-order valence-corrected chi connectivity index (χ3v) is 3.17. The molecule has 0 bridgehead atoms. The van der Waals surface area contributed by atoms with Gasteiger partial charge in [0.1, 0.15) is 5.60 Å². The lowest BCUT2D eigenvalue weighted by molar-refractivity contribution is -0.0452. The van der Waals surface area contributed by atoms with Crippen LogP contribution in [-0.2, 0) is 4.74 Å². The molecule has 0 saturated carbocycles. The van der Waals surface area contributed by atoms with E-state index in [0.717, 1.165) is 12.8 Å². The van der Waals surface area contributed by atoms with Crippen LogP contribution in [0.2, 0.25) is 0 Å². The van der Waals surface area contributed by atoms with Crippen LogP contribution in [0.5, 0.6) is 0 Å². The summed E-state index contributed by atoms with van der Waals surface area (Å²) in [5, 5.41) is 0. The fourth-order valence-corrected chi connectivity index (χ4v) is 2.38. The molecule has 20 heavy (non-hydrogen) atoms. The van der Waals surface area contributed by atoms with Crippen molar-refractivity contribution in [2.24, 2.45) is 0 Å². The van der Waals surface area contributed by atoms with Gasteiger partial charge >= 0.3 is 6.09 Å². The predicted octanol–water partition coefficient (Wildman–Crippen LogP) is 2.82. The van der Waals surface area contributed by atoms with Crippen LogP contribution in [0.1, 0.15) is 47.5 Å². The zero-order chi connectivity index (χ0) is 16.1. The van der Waals surface area contributed by atoms with Crippen molar-refractivity contribution in [2.75, 3.05) is 28.2 Å². The zero-order valence-corrected chi connectivity index (χ0v) is 14.7. The molecule has 0 heterocycles. The molecule has 0 rings (SSSR count). The van der Waals surface area contributed by atoms with E-state index in [1.54, 1.807) is 0 Å². The van der Waals surface area contributed by atoms with Gasteiger partial charge in [0.2, 0.25) is 0 Å². The van der Waals surface area contributed by atoms with E-state index in [-0.39, 0.29) is 18.4 Å². The Morgan fingerprint density at radius 1 is 0.950 bits per heavy atom. The molecule has 5 heteroatoms. The van der Waals surface area contributed by atoms with Crippen LogP contribution in [0.25, 0.3) is 0 Å². The molecule has 0 aromatic carbocycles. The molecule has 0 aliphatic rings. The maximum absolute atomic E-state index is 12.6. The second-order valence-electron chi connectivity index (χ2n) is 6.59. The minimum atomic E-state index is -0.482. The molecule has 0 N–H and O–H groups in total. The number of nitrogens with zero attached hydrogens (tertiary/aromatic N) is 3. The van der Waals surface area contributed by atoms with Gasteiger partial charge < -0.3 is 4.74 Å². The van der Waals surface area contributed by atoms with Crippen molar-refractivity contribution in [1.29, 1.82) is 0 Å². The minimum Gasteiger partial charge on any atom is -0.444 e. The third-order valence-electron chi connectivity index (χ3n) is 3.17. The molecule has 0 radical (unpaired) electrons. The number of hydrogen-bond acceptors (Lipinski definition) is 4. The summed E-state index contributed by atoms with van der Waals surface area (Å²) in [6, 6.07) is 0. The quantitative estimate of drug-likeness (QED) is 0.704. The molecule has 0 saturated heterocycles. The SMILES string of the molecule is CCC(N(C)C)N(C(=O)OC(C)(C)C)C(CC)N(C)C. The maximum atomic E-state index is 12.6. The molecule has 2 unspecified atom stereocenters. The van der Waals surface area contributed by atoms with Crippen LogP contribution in [-0.4, -0.2) is 66.9 Å². The average molecular weight is 287 g/mol. The van der Waals surface area contributed by atoms with Gasteiger partial charge in [0.05, 0.1) is 12.3 Å². The summed E-state index contributed by atoms with van der Waals surface area (Å²) in [7, 11) is 7.98. The highest BCUT2D eigenvalue weighted by molar-refractivity contribution is 5.69. The summed E-state index contributed by atoms with van der Waals surface area (Å²) >= 11 is 0. The Morgan fingerprint density at radius 3 is 1.50 bits per heavy atom. The van der Waals surface area contributed by atoms with Gasteiger partial charge in [-0.2, -0.15) is 0 Å². The summed E-state index contributed by atoms with van der Waals surface area (Å²) in [6.45, 7) is 9.87. The molecular weight excluding hydrogens is 254 g/mol. The monoisotopic (exact) mass is 287 g/mol. The Morgan fingerprint density at radius 2 is 1.30 bits per heavy atom. The number of ether oxygens (including phenoxy) is 1. The Balaban J connectivity index is 5.39. The zero-order valence-electron chi connectivity index (χ0n) is 14.7. The normalized spacial score (nSPS) is 15.3. The highest BCUT2D eigenvalue weighted by Crippen LogP contribution is 2.20. The molecule has 0 aromatic rings. The van der Waals surface area contributed by atoms with Crippen LogP contribution in [0.15, 0.2) is 0 Å². The summed E-state index contributed by atoms with van der Waals surface area (Å²) in [5.41, 5.74) is -0.482. The number of carbonyl (C=O) groups is 1. The van der Waals surface area contributed by atoms with Gasteiger partial charge in [0.15, 0.2) is 0 Å². The van der Waals surface area contributed by atoms with E-state index in [2.05, 4.69) is 23.6 Å². The van der Waals surface area contributed by atoms with Crippen LogP contribution >= 0.6 is 0 Å². The van der Waals surface area contributed by atoms with E-state index < -0.39 is 5.60 Å². The van der Waals surface area contributed by atoms with Crippen molar-refractivity contribution in [3.63, 3.8) is 0 Å². The third kappa shape index (κ3) is 5.67. The standard InChI is InChI=1S/C15H33N3O2/c1-10-12(16(6)7)18(13(11-2)17(8)9)14(19)20-15(3,4)5/h12-13H,10-11H2,1-9H3. The average Bonchev–Trinajstić information content (AvgIpc) is 2.25. The van der Waals surface area contributed by atoms with Crippen LogP contribution in [0, 0.1) is 0 Å². The lowest BCUT2D eigenvalue weighted by atomic mass is 10.2. The Labute approximate surface area is 124 Å². The first-order valence-electron chi connectivity index (χ1n) is 7.39. The largest absolute Gasteiger partial charge is 0.444 e. The van der Waals surface area contributed by atoms with Crippen LogP contribution < -0.4 is 0 Å². The van der Waals surface area contributed by atoms with Gasteiger partial charge in [-0.05, 0) is 61.8 Å². The maximum Gasteiger partial charge on any atom is 0.412 e. The van der Waals surface area contributed by atoms with Gasteiger partial charge in [-0.15, -0.1) is 0 Å². The van der Waals surface area contributed by atoms with Gasteiger partial charge in [-0.25, -0.2) is 4.79 Å². The highest BCUT2D eigenvalue weighted by Gasteiger charge is 2.34. The molecule has 0 aliphatic carbocycles. The molecule has 2 atom stereocenters. The number of amides is 1. The molecular formula is C15H33N3O2. The van der Waals surface area contributed by atoms with Gasteiger partial charge in [-0.3, -0.25) is 14.7 Å². The first-order chi connectivity index (χ1) is 9.05. The Kier molecular flexibility index (Phi) is 7.52. The van der Waals surface area contributed by atoms with Gasteiger partial charge in [0, 0.05) is 0 Å². The summed E-state index contributed by atoms with van der Waals surface area (Å²) in [6.07, 6.45) is 1.51. The second kappa shape index (κ2) is 7.84. The van der Waals surface area contributed by atoms with Gasteiger partial charge in [-0.1, -0.05) is 13.8 Å². The van der Waals surface area contributed by atoms with Crippen molar-refractivity contribution in [3.05, 3.63) is 0 Å². The van der Waals surface area contributed by atoms with Crippen molar-refractivity contribution in [3.8, 4) is 0 Å². The van der Waals surface area contributed by atoms with Crippen molar-refractivity contribution in [2.45, 2.75) is 65.4 Å². The van der Waals surface area contributed by atoms with Crippen molar-refractivity contribution >= 4 is 6.09 Å². The lowest BCUT2D eigenvalue weighted by Gasteiger charge is -2.43. The molecule has 1 amide bonds. The molecule has 0 spiro atoms. The molecule has 5 nitrogen and oxygen atoms in total. The fraction of sp³-hybridized carbons (Fsp3) is 0.933. The molecule has 0 fully saturated rings. The minimum absolute atomic E-state index is 0.0252. The second-order valence-corrected chi connectivity index (χ2v) is 6.59. The summed E-state index contributed by atoms with van der Waals surface area (Å²) in [4.78, 5) is 18.6. The van der Waals surface area contributed by atoms with Crippen LogP contribution in [0.3, 0.4) is 0 Å².